The largest absolute Gasteiger partial charge is 1.00 e. The minimum Gasteiger partial charge on any atom is -1.00 e. The molecule has 0 amide bonds. The smallest absolute Gasteiger partial charge is 1.00 e. The van der Waals surface area contributed by atoms with Crippen LogP contribution < -0.4 is 29.2 Å². The second-order valence-electron chi connectivity index (χ2n) is 4.49. The van der Waals surface area contributed by atoms with Crippen LogP contribution in [-0.2, 0) is 17.1 Å². The van der Waals surface area contributed by atoms with E-state index in [0.29, 0.717) is 0 Å². The van der Waals surface area contributed by atoms with Crippen LogP contribution in [0.5, 0.6) is 0 Å². The first-order valence-corrected chi connectivity index (χ1v) is 6.99. The van der Waals surface area contributed by atoms with E-state index in [9.17, 15) is 0 Å². The molecule has 4 heteroatoms. The van der Waals surface area contributed by atoms with Crippen LogP contribution in [0.15, 0.2) is 36.4 Å². The summed E-state index contributed by atoms with van der Waals surface area (Å²) in [5.74, 6) is 0. The molecule has 0 nitrogen and oxygen atoms in total. The first-order valence-electron chi connectivity index (χ1n) is 5.99. The minimum atomic E-state index is 0. The Hall–Kier alpha value is -0.00935. The fourth-order valence-electron chi connectivity index (χ4n) is 1.50. The van der Waals surface area contributed by atoms with Gasteiger partial charge in [0, 0.05) is 17.1 Å². The first kappa shape index (κ1) is 22.3. The molecule has 2 rings (SSSR count). The summed E-state index contributed by atoms with van der Waals surface area (Å²) in [6.07, 6.45) is 0. The summed E-state index contributed by atoms with van der Waals surface area (Å²) in [7, 11) is 6.99. The molecule has 0 heterocycles. The van der Waals surface area contributed by atoms with Gasteiger partial charge < -0.3 is 1.43 Å². The van der Waals surface area contributed by atoms with Gasteiger partial charge in [0.1, 0.15) is 0 Å². The maximum absolute atomic E-state index is 3.49. The first-order chi connectivity index (χ1) is 8.43. The van der Waals surface area contributed by atoms with Crippen LogP contribution in [0, 0.1) is 27.7 Å². The third-order valence-electron chi connectivity index (χ3n) is 3.21. The van der Waals surface area contributed by atoms with E-state index in [-0.39, 0.29) is 37.4 Å². The Labute approximate surface area is 154 Å². The van der Waals surface area contributed by atoms with Crippen molar-refractivity contribution >= 4 is 30.9 Å². The molecule has 0 aliphatic rings. The quantitative estimate of drug-likeness (QED) is 0.558. The van der Waals surface area contributed by atoms with Crippen molar-refractivity contribution < 1.29 is 37.4 Å². The van der Waals surface area contributed by atoms with E-state index in [1.54, 1.807) is 0 Å². The Balaban J connectivity index is -0.000000270. The Morgan fingerprint density at radius 3 is 1.20 bits per heavy atom. The van der Waals surface area contributed by atoms with Gasteiger partial charge in [0.25, 0.3) is 0 Å². The van der Waals surface area contributed by atoms with E-state index in [1.807, 2.05) is 12.1 Å². The molecule has 0 saturated heterocycles. The standard InChI is InChI=1S/2C8H9Si.Cu.Li.H/c2*1-6-4-3-5-8(9)7(6)2;;;/h2*3-5H,1-2H3;;;/q;;;+1;-1. The van der Waals surface area contributed by atoms with Crippen LogP contribution in [0.3, 0.4) is 0 Å². The van der Waals surface area contributed by atoms with Crippen molar-refractivity contribution in [3.05, 3.63) is 58.7 Å². The minimum absolute atomic E-state index is 0. The molecule has 0 atom stereocenters. The third kappa shape index (κ3) is 6.63. The van der Waals surface area contributed by atoms with E-state index >= 15 is 0 Å². The van der Waals surface area contributed by atoms with Crippen LogP contribution in [0.2, 0.25) is 0 Å². The molecule has 103 valence electrons. The summed E-state index contributed by atoms with van der Waals surface area (Å²) in [4.78, 5) is 0. The van der Waals surface area contributed by atoms with E-state index < -0.39 is 0 Å². The second kappa shape index (κ2) is 10.7. The molecule has 0 fully saturated rings. The molecule has 0 N–H and O–H groups in total. The van der Waals surface area contributed by atoms with Gasteiger partial charge in [-0.3, -0.25) is 0 Å². The number of hydrogen-bond acceptors (Lipinski definition) is 0. The summed E-state index contributed by atoms with van der Waals surface area (Å²) < 4.78 is 0. The Morgan fingerprint density at radius 1 is 0.700 bits per heavy atom. The maximum atomic E-state index is 3.49. The van der Waals surface area contributed by atoms with Gasteiger partial charge in [-0.1, -0.05) is 46.8 Å². The van der Waals surface area contributed by atoms with E-state index in [2.05, 4.69) is 72.4 Å². The molecular weight excluding hydrogens is 319 g/mol. The van der Waals surface area contributed by atoms with Crippen LogP contribution in [0.4, 0.5) is 0 Å². The molecule has 0 unspecified atom stereocenters. The average molecular weight is 338 g/mol. The summed E-state index contributed by atoms with van der Waals surface area (Å²) in [5.41, 5.74) is 5.33. The van der Waals surface area contributed by atoms with Crippen LogP contribution >= 0.6 is 0 Å². The summed E-state index contributed by atoms with van der Waals surface area (Å²) in [5, 5.41) is 2.38. The molecule has 0 aliphatic heterocycles. The molecule has 7 radical (unpaired) electrons. The zero-order valence-corrected chi connectivity index (χ0v) is 15.7. The van der Waals surface area contributed by atoms with Gasteiger partial charge in [-0.15, -0.1) is 0 Å². The van der Waals surface area contributed by atoms with Gasteiger partial charge in [0.15, 0.2) is 0 Å². The zero-order valence-electron chi connectivity index (χ0n) is 13.8. The van der Waals surface area contributed by atoms with Crippen LogP contribution in [0.1, 0.15) is 23.7 Å². The van der Waals surface area contributed by atoms with Crippen molar-refractivity contribution in [2.75, 3.05) is 0 Å². The van der Waals surface area contributed by atoms with Gasteiger partial charge >= 0.3 is 18.9 Å². The summed E-state index contributed by atoms with van der Waals surface area (Å²) in [6, 6.07) is 12.4. The van der Waals surface area contributed by atoms with Crippen molar-refractivity contribution in [1.82, 2.24) is 0 Å². The van der Waals surface area contributed by atoms with Gasteiger partial charge in [-0.05, 0) is 49.9 Å². The average Bonchev–Trinajstić information content (AvgIpc) is 2.34. The number of hydrogen-bond donors (Lipinski definition) is 0. The fraction of sp³-hybridized carbons (Fsp3) is 0.250. The molecular formula is C16H19CuLiSi2. The monoisotopic (exact) mass is 337 g/mol. The van der Waals surface area contributed by atoms with Gasteiger partial charge in [0.05, 0.1) is 20.5 Å². The summed E-state index contributed by atoms with van der Waals surface area (Å²) in [6.45, 7) is 8.44. The fourth-order valence-corrected chi connectivity index (χ4v) is 2.09. The van der Waals surface area contributed by atoms with Crippen molar-refractivity contribution in [3.63, 3.8) is 0 Å². The number of benzene rings is 2. The number of rotatable bonds is 0. The van der Waals surface area contributed by atoms with Crippen molar-refractivity contribution in [2.24, 2.45) is 0 Å². The molecule has 0 saturated carbocycles. The van der Waals surface area contributed by atoms with E-state index in [1.165, 1.54) is 32.6 Å². The SMILES string of the molecule is Cc1cccc([Si])c1C.Cc1cccc([Si])c1C.[Cu].[H-].[Li+]. The maximum Gasteiger partial charge on any atom is 1.00 e. The van der Waals surface area contributed by atoms with Gasteiger partial charge in [-0.25, -0.2) is 0 Å². The molecule has 0 aliphatic carbocycles. The van der Waals surface area contributed by atoms with Crippen molar-refractivity contribution in [2.45, 2.75) is 27.7 Å². The predicted octanol–water partition coefficient (Wildman–Crippen LogP) is -0.692. The second-order valence-corrected chi connectivity index (χ2v) is 5.57. The van der Waals surface area contributed by atoms with Crippen molar-refractivity contribution in [1.29, 1.82) is 0 Å². The van der Waals surface area contributed by atoms with Crippen LogP contribution in [0.25, 0.3) is 0 Å². The topological polar surface area (TPSA) is 0 Å². The molecule has 20 heavy (non-hydrogen) atoms. The summed E-state index contributed by atoms with van der Waals surface area (Å²) >= 11 is 0. The van der Waals surface area contributed by atoms with Crippen molar-refractivity contribution in [3.8, 4) is 0 Å². The normalized spacial score (nSPS) is 8.70. The van der Waals surface area contributed by atoms with Gasteiger partial charge in [0.2, 0.25) is 0 Å². The molecule has 2 aromatic rings. The predicted molar refractivity (Wildman–Crippen MR) is 83.7 cm³/mol. The number of aryl methyl sites for hydroxylation is 2. The Bertz CT molecular complexity index is 458. The van der Waals surface area contributed by atoms with Crippen LogP contribution in [-0.4, -0.2) is 20.5 Å². The van der Waals surface area contributed by atoms with Gasteiger partial charge in [-0.2, -0.15) is 0 Å². The molecule has 0 aromatic heterocycles. The Morgan fingerprint density at radius 2 is 1.00 bits per heavy atom. The van der Waals surface area contributed by atoms with E-state index in [0.717, 1.165) is 0 Å². The van der Waals surface area contributed by atoms with E-state index in [4.69, 9.17) is 0 Å². The molecule has 2 aromatic carbocycles. The third-order valence-corrected chi connectivity index (χ3v) is 4.29. The molecule has 0 bridgehead atoms. The molecule has 0 spiro atoms. The Kier molecular flexibility index (Phi) is 11.9. The zero-order chi connectivity index (χ0) is 13.7.